The van der Waals surface area contributed by atoms with Gasteiger partial charge in [0, 0.05) is 6.54 Å². The van der Waals surface area contributed by atoms with Crippen LogP contribution >= 0.6 is 0 Å². The lowest BCUT2D eigenvalue weighted by atomic mass is 10.0. The molecule has 1 amide bonds. The van der Waals surface area contributed by atoms with Crippen LogP contribution in [0.4, 0.5) is 0 Å². The van der Waals surface area contributed by atoms with Crippen molar-refractivity contribution in [3.05, 3.63) is 45.1 Å². The lowest BCUT2D eigenvalue weighted by Crippen LogP contribution is -2.45. The molecule has 1 aromatic carbocycles. The number of hydrogen-bond acceptors (Lipinski definition) is 4. The predicted octanol–water partition coefficient (Wildman–Crippen LogP) is 0.868. The fourth-order valence-corrected chi connectivity index (χ4v) is 2.65. The Bertz CT molecular complexity index is 897. The van der Waals surface area contributed by atoms with Gasteiger partial charge in [-0.3, -0.25) is 14.4 Å². The van der Waals surface area contributed by atoms with Gasteiger partial charge in [-0.15, -0.1) is 0 Å². The van der Waals surface area contributed by atoms with Gasteiger partial charge in [0.15, 0.2) is 0 Å². The number of amides is 1. The Kier molecular flexibility index (Phi) is 5.74. The number of nitrogens with one attached hydrogen (secondary N) is 2. The Morgan fingerprint density at radius 3 is 2.56 bits per heavy atom. The minimum atomic E-state index is -1.04. The summed E-state index contributed by atoms with van der Waals surface area (Å²) < 4.78 is 0.915. The number of carbonyl (C=O) groups is 2. The molecule has 3 N–H and O–H groups in total. The topological polar surface area (TPSA) is 121 Å². The maximum absolute atomic E-state index is 12.7. The molecule has 8 nitrogen and oxygen atoms in total. The number of rotatable bonds is 7. The number of H-pyrrole nitrogens is 1. The predicted molar refractivity (Wildman–Crippen MR) is 92.6 cm³/mol. The van der Waals surface area contributed by atoms with E-state index in [9.17, 15) is 19.2 Å². The Hall–Kier alpha value is -2.90. The molecule has 0 saturated carbocycles. The Morgan fingerprint density at radius 2 is 1.92 bits per heavy atom. The number of carbonyl (C=O) groups excluding carboxylic acids is 1. The highest BCUT2D eigenvalue weighted by molar-refractivity contribution is 5.82. The van der Waals surface area contributed by atoms with Crippen molar-refractivity contribution in [2.45, 2.75) is 32.7 Å². The smallest absolute Gasteiger partial charge is 0.329 e. The minimum Gasteiger partial charge on any atom is -0.481 e. The average molecular weight is 347 g/mol. The molecule has 1 heterocycles. The van der Waals surface area contributed by atoms with Crippen molar-refractivity contribution >= 4 is 22.8 Å². The normalized spacial score (nSPS) is 12.3. The van der Waals surface area contributed by atoms with Crippen LogP contribution in [0.5, 0.6) is 0 Å². The fourth-order valence-electron chi connectivity index (χ4n) is 2.65. The summed E-state index contributed by atoms with van der Waals surface area (Å²) in [5, 5.41) is 11.5. The maximum atomic E-state index is 12.7. The maximum Gasteiger partial charge on any atom is 0.329 e. The van der Waals surface area contributed by atoms with Crippen molar-refractivity contribution in [2.75, 3.05) is 6.54 Å². The van der Waals surface area contributed by atoms with Gasteiger partial charge in [0.25, 0.3) is 5.56 Å². The van der Waals surface area contributed by atoms with Gasteiger partial charge >= 0.3 is 11.7 Å². The summed E-state index contributed by atoms with van der Waals surface area (Å²) in [7, 11) is 0. The molecule has 0 spiro atoms. The molecule has 0 unspecified atom stereocenters. The van der Waals surface area contributed by atoms with Crippen molar-refractivity contribution in [3.63, 3.8) is 0 Å². The molecular weight excluding hydrogens is 326 g/mol. The molecule has 25 heavy (non-hydrogen) atoms. The van der Waals surface area contributed by atoms with Gasteiger partial charge in [0.1, 0.15) is 6.04 Å². The van der Waals surface area contributed by atoms with E-state index in [1.54, 1.807) is 24.3 Å². The van der Waals surface area contributed by atoms with Gasteiger partial charge in [0.05, 0.1) is 17.3 Å². The van der Waals surface area contributed by atoms with Crippen LogP contribution in [0, 0.1) is 5.92 Å². The number of para-hydroxylation sites is 1. The third-order valence-electron chi connectivity index (χ3n) is 3.78. The van der Waals surface area contributed by atoms with Crippen LogP contribution in [0.3, 0.4) is 0 Å². The van der Waals surface area contributed by atoms with Crippen LogP contribution < -0.4 is 16.6 Å². The van der Waals surface area contributed by atoms with Gasteiger partial charge in [-0.1, -0.05) is 26.0 Å². The van der Waals surface area contributed by atoms with Gasteiger partial charge < -0.3 is 15.4 Å². The molecule has 0 aliphatic heterocycles. The largest absolute Gasteiger partial charge is 0.481 e. The van der Waals surface area contributed by atoms with E-state index in [-0.39, 0.29) is 25.3 Å². The van der Waals surface area contributed by atoms with Crippen molar-refractivity contribution in [1.82, 2.24) is 14.9 Å². The molecule has 0 bridgehead atoms. The standard InChI is InChI=1S/C17H21N3O5/c1-10(2)9-13(15(23)18-8-7-14(21)22)20-16(24)11-5-3-4-6-12(11)19-17(20)25/h3-6,10,13H,7-9H2,1-2H3,(H,18,23)(H,19,25)(H,21,22)/t13-/m0/s1. The van der Waals surface area contributed by atoms with Crippen molar-refractivity contribution in [3.8, 4) is 0 Å². The Labute approximate surface area is 143 Å². The number of aromatic amines is 1. The third kappa shape index (κ3) is 4.34. The number of hydrogen-bond donors (Lipinski definition) is 3. The van der Waals surface area contributed by atoms with E-state index in [1.807, 2.05) is 13.8 Å². The van der Waals surface area contributed by atoms with Crippen LogP contribution in [-0.4, -0.2) is 33.1 Å². The van der Waals surface area contributed by atoms with Crippen LogP contribution in [0.2, 0.25) is 0 Å². The Morgan fingerprint density at radius 1 is 1.24 bits per heavy atom. The van der Waals surface area contributed by atoms with E-state index in [1.165, 1.54) is 0 Å². The first kappa shape index (κ1) is 18.4. The van der Waals surface area contributed by atoms with Crippen LogP contribution in [0.1, 0.15) is 32.7 Å². The number of carboxylic acid groups (broad SMARTS) is 1. The number of aliphatic carboxylic acids is 1. The second-order valence-electron chi connectivity index (χ2n) is 6.23. The Balaban J connectivity index is 2.46. The first-order chi connectivity index (χ1) is 11.8. The summed E-state index contributed by atoms with van der Waals surface area (Å²) in [6.45, 7) is 3.68. The molecule has 8 heteroatoms. The SMILES string of the molecule is CC(C)C[C@@H](C(=O)NCCC(=O)O)n1c(=O)[nH]c2ccccc2c1=O. The zero-order chi connectivity index (χ0) is 18.6. The fraction of sp³-hybridized carbons (Fsp3) is 0.412. The van der Waals surface area contributed by atoms with Crippen LogP contribution in [-0.2, 0) is 9.59 Å². The van der Waals surface area contributed by atoms with Crippen LogP contribution in [0.15, 0.2) is 33.9 Å². The monoisotopic (exact) mass is 347 g/mol. The molecular formula is C17H21N3O5. The van der Waals surface area contributed by atoms with E-state index in [0.29, 0.717) is 10.9 Å². The number of aromatic nitrogens is 2. The molecule has 1 aromatic heterocycles. The summed E-state index contributed by atoms with van der Waals surface area (Å²) in [6.07, 6.45) is 0.0450. The van der Waals surface area contributed by atoms with E-state index >= 15 is 0 Å². The molecule has 2 aromatic rings. The van der Waals surface area contributed by atoms with Gasteiger partial charge in [0.2, 0.25) is 5.91 Å². The van der Waals surface area contributed by atoms with Gasteiger partial charge in [-0.05, 0) is 24.5 Å². The van der Waals surface area contributed by atoms with Crippen LogP contribution in [0.25, 0.3) is 10.9 Å². The lowest BCUT2D eigenvalue weighted by Gasteiger charge is -2.20. The molecule has 0 aliphatic carbocycles. The third-order valence-corrected chi connectivity index (χ3v) is 3.78. The number of carboxylic acids is 1. The average Bonchev–Trinajstić information content (AvgIpc) is 2.53. The molecule has 0 aliphatic rings. The quantitative estimate of drug-likeness (QED) is 0.686. The van der Waals surface area contributed by atoms with E-state index in [4.69, 9.17) is 5.11 Å². The molecule has 0 saturated heterocycles. The zero-order valence-electron chi connectivity index (χ0n) is 14.1. The summed E-state index contributed by atoms with van der Waals surface area (Å²) in [4.78, 5) is 50.8. The number of benzene rings is 1. The molecule has 0 radical (unpaired) electrons. The van der Waals surface area contributed by atoms with Crippen molar-refractivity contribution < 1.29 is 14.7 Å². The second kappa shape index (κ2) is 7.78. The highest BCUT2D eigenvalue weighted by atomic mass is 16.4. The summed E-state index contributed by atoms with van der Waals surface area (Å²) >= 11 is 0. The summed E-state index contributed by atoms with van der Waals surface area (Å²) in [5.74, 6) is -1.53. The van der Waals surface area contributed by atoms with Crippen molar-refractivity contribution in [1.29, 1.82) is 0 Å². The molecule has 2 rings (SSSR count). The highest BCUT2D eigenvalue weighted by Gasteiger charge is 2.25. The van der Waals surface area contributed by atoms with E-state index < -0.39 is 29.2 Å². The van der Waals surface area contributed by atoms with E-state index in [0.717, 1.165) is 4.57 Å². The van der Waals surface area contributed by atoms with E-state index in [2.05, 4.69) is 10.3 Å². The summed E-state index contributed by atoms with van der Waals surface area (Å²) in [6, 6.07) is 5.57. The number of fused-ring (bicyclic) bond motifs is 1. The molecule has 0 fully saturated rings. The van der Waals surface area contributed by atoms with Gasteiger partial charge in [-0.2, -0.15) is 0 Å². The van der Waals surface area contributed by atoms with Crippen molar-refractivity contribution in [2.24, 2.45) is 5.92 Å². The first-order valence-electron chi connectivity index (χ1n) is 8.04. The molecule has 1 atom stereocenters. The summed E-state index contributed by atoms with van der Waals surface area (Å²) in [5.41, 5.74) is -0.801. The minimum absolute atomic E-state index is 0.0491. The zero-order valence-corrected chi connectivity index (χ0v) is 14.1. The first-order valence-corrected chi connectivity index (χ1v) is 8.04. The lowest BCUT2D eigenvalue weighted by molar-refractivity contribution is -0.137. The second-order valence-corrected chi connectivity index (χ2v) is 6.23. The molecule has 134 valence electrons. The van der Waals surface area contributed by atoms with Gasteiger partial charge in [-0.25, -0.2) is 9.36 Å². The number of nitrogens with zero attached hydrogens (tertiary/aromatic N) is 1. The highest BCUT2D eigenvalue weighted by Crippen LogP contribution is 2.16.